The van der Waals surface area contributed by atoms with Crippen LogP contribution in [0.3, 0.4) is 0 Å². The lowest BCUT2D eigenvalue weighted by Crippen LogP contribution is -2.56. The zero-order valence-corrected chi connectivity index (χ0v) is 21.4. The van der Waals surface area contributed by atoms with E-state index in [1.165, 1.54) is 37.8 Å². The highest BCUT2D eigenvalue weighted by molar-refractivity contribution is 6.48. The van der Waals surface area contributed by atoms with Crippen molar-refractivity contribution in [1.82, 2.24) is 20.6 Å². The maximum absolute atomic E-state index is 13.3. The molecule has 2 amide bonds. The summed E-state index contributed by atoms with van der Waals surface area (Å²) in [6.07, 6.45) is 6.10. The van der Waals surface area contributed by atoms with Crippen molar-refractivity contribution in [2.24, 2.45) is 0 Å². The zero-order valence-electron chi connectivity index (χ0n) is 21.4. The van der Waals surface area contributed by atoms with Crippen LogP contribution in [0.4, 0.5) is 4.39 Å². The summed E-state index contributed by atoms with van der Waals surface area (Å²) in [5, 5.41) is 5.65. The maximum atomic E-state index is 13.3. The number of amides is 2. The molecular weight excluding hydrogens is 466 g/mol. The molecule has 2 unspecified atom stereocenters. The van der Waals surface area contributed by atoms with Crippen molar-refractivity contribution in [3.05, 3.63) is 59.9 Å². The Hall–Kier alpha value is -2.89. The summed E-state index contributed by atoms with van der Waals surface area (Å²) in [4.78, 5) is 33.7. The molecule has 11 heteroatoms. The first-order valence-corrected chi connectivity index (χ1v) is 12.0. The van der Waals surface area contributed by atoms with Crippen LogP contribution >= 0.6 is 0 Å². The second-order valence-electron chi connectivity index (χ2n) is 9.83. The standard InChI is InChI=1S/C25H34BFN4O5/c1-24(2)25(3,4)36-26(35-24)21(8-6-7-17-9-11-18(27)12-10-17)31-23(33)20(16-34-5)30-22(32)19-15-28-13-14-29-19/h9-15,20-21H,6-8,16H2,1-5H3,(H,30,32)(H,31,33). The third kappa shape index (κ3) is 7.08. The zero-order chi connectivity index (χ0) is 26.3. The third-order valence-electron chi connectivity index (χ3n) is 6.57. The summed E-state index contributed by atoms with van der Waals surface area (Å²) in [6.45, 7) is 7.74. The van der Waals surface area contributed by atoms with Crippen LogP contribution in [-0.4, -0.2) is 65.8 Å². The SMILES string of the molecule is COCC(NC(=O)c1cnccn1)C(=O)NC(CCCc1ccc(F)cc1)B1OC(C)(C)C(C)(C)O1. The van der Waals surface area contributed by atoms with Gasteiger partial charge < -0.3 is 24.7 Å². The van der Waals surface area contributed by atoms with E-state index in [1.807, 2.05) is 27.7 Å². The van der Waals surface area contributed by atoms with Gasteiger partial charge in [-0.2, -0.15) is 0 Å². The Labute approximate surface area is 211 Å². The van der Waals surface area contributed by atoms with Gasteiger partial charge >= 0.3 is 7.12 Å². The molecule has 9 nitrogen and oxygen atoms in total. The Morgan fingerprint density at radius 3 is 2.33 bits per heavy atom. The number of nitrogens with zero attached hydrogens (tertiary/aromatic N) is 2. The van der Waals surface area contributed by atoms with Gasteiger partial charge in [0.1, 0.15) is 17.6 Å². The molecule has 1 aliphatic heterocycles. The lowest BCUT2D eigenvalue weighted by molar-refractivity contribution is -0.124. The van der Waals surface area contributed by atoms with E-state index < -0.39 is 42.1 Å². The Kier molecular flexibility index (Phi) is 9.16. The Morgan fingerprint density at radius 2 is 1.75 bits per heavy atom. The van der Waals surface area contributed by atoms with Crippen molar-refractivity contribution >= 4 is 18.9 Å². The molecule has 2 aromatic rings. The minimum atomic E-state index is -0.966. The molecule has 1 fully saturated rings. The number of nitrogens with one attached hydrogen (secondary N) is 2. The van der Waals surface area contributed by atoms with Crippen LogP contribution < -0.4 is 10.6 Å². The highest BCUT2D eigenvalue weighted by Crippen LogP contribution is 2.38. The number of hydrogen-bond donors (Lipinski definition) is 2. The van der Waals surface area contributed by atoms with Gasteiger partial charge in [-0.3, -0.25) is 14.6 Å². The van der Waals surface area contributed by atoms with Gasteiger partial charge in [0.05, 0.1) is 29.9 Å². The number of carbonyl (C=O) groups is 2. The molecule has 0 bridgehead atoms. The molecule has 0 spiro atoms. The van der Waals surface area contributed by atoms with Crippen molar-refractivity contribution in [1.29, 1.82) is 0 Å². The lowest BCUT2D eigenvalue weighted by atomic mass is 9.75. The minimum Gasteiger partial charge on any atom is -0.402 e. The van der Waals surface area contributed by atoms with Gasteiger partial charge in [-0.1, -0.05) is 12.1 Å². The number of methoxy groups -OCH3 is 1. The Balaban J connectivity index is 1.71. The van der Waals surface area contributed by atoms with Gasteiger partial charge in [-0.15, -0.1) is 0 Å². The molecule has 2 N–H and O–H groups in total. The number of ether oxygens (including phenoxy) is 1. The fourth-order valence-corrected chi connectivity index (χ4v) is 3.79. The molecule has 2 atom stereocenters. The molecule has 0 radical (unpaired) electrons. The van der Waals surface area contributed by atoms with E-state index in [-0.39, 0.29) is 18.1 Å². The van der Waals surface area contributed by atoms with Gasteiger partial charge in [-0.05, 0) is 64.7 Å². The number of benzene rings is 1. The first-order valence-electron chi connectivity index (χ1n) is 12.0. The molecule has 1 aromatic carbocycles. The summed E-state index contributed by atoms with van der Waals surface area (Å²) in [7, 11) is 0.759. The summed E-state index contributed by atoms with van der Waals surface area (Å²) in [5.74, 6) is -1.75. The fraction of sp³-hybridized carbons (Fsp3) is 0.520. The highest BCUT2D eigenvalue weighted by Gasteiger charge is 2.54. The summed E-state index contributed by atoms with van der Waals surface area (Å²) >= 11 is 0. The first-order chi connectivity index (χ1) is 17.0. The maximum Gasteiger partial charge on any atom is 0.481 e. The second-order valence-corrected chi connectivity index (χ2v) is 9.83. The van der Waals surface area contributed by atoms with Crippen LogP contribution in [0.25, 0.3) is 0 Å². The molecule has 1 aliphatic rings. The molecule has 36 heavy (non-hydrogen) atoms. The van der Waals surface area contributed by atoms with Crippen LogP contribution in [0.5, 0.6) is 0 Å². The van der Waals surface area contributed by atoms with Crippen molar-refractivity contribution in [3.8, 4) is 0 Å². The molecule has 2 heterocycles. The average molecular weight is 500 g/mol. The normalized spacial score (nSPS) is 17.9. The molecular formula is C25H34BFN4O5. The fourth-order valence-electron chi connectivity index (χ4n) is 3.79. The Morgan fingerprint density at radius 1 is 1.08 bits per heavy atom. The average Bonchev–Trinajstić information content (AvgIpc) is 3.06. The number of halogens is 1. The third-order valence-corrected chi connectivity index (χ3v) is 6.57. The molecule has 0 aliphatic carbocycles. The van der Waals surface area contributed by atoms with E-state index in [0.717, 1.165) is 5.56 Å². The molecule has 194 valence electrons. The van der Waals surface area contributed by atoms with Gasteiger partial charge in [0, 0.05) is 19.5 Å². The number of aromatic nitrogens is 2. The van der Waals surface area contributed by atoms with Crippen LogP contribution in [-0.2, 0) is 25.3 Å². The van der Waals surface area contributed by atoms with Gasteiger partial charge in [0.15, 0.2) is 0 Å². The van der Waals surface area contributed by atoms with Crippen molar-refractivity contribution in [2.45, 2.75) is 70.1 Å². The van der Waals surface area contributed by atoms with E-state index in [0.29, 0.717) is 19.3 Å². The molecule has 3 rings (SSSR count). The summed E-state index contributed by atoms with van der Waals surface area (Å²) in [6, 6.07) is 5.38. The topological polar surface area (TPSA) is 112 Å². The summed E-state index contributed by atoms with van der Waals surface area (Å²) in [5.41, 5.74) is -0.0786. The van der Waals surface area contributed by atoms with E-state index in [1.54, 1.807) is 12.1 Å². The quantitative estimate of drug-likeness (QED) is 0.456. The molecule has 0 saturated carbocycles. The molecule has 1 aromatic heterocycles. The van der Waals surface area contributed by atoms with E-state index >= 15 is 0 Å². The van der Waals surface area contributed by atoms with Crippen molar-refractivity contribution in [2.75, 3.05) is 13.7 Å². The first kappa shape index (κ1) is 27.7. The number of carbonyl (C=O) groups excluding carboxylic acids is 2. The van der Waals surface area contributed by atoms with E-state index in [4.69, 9.17) is 14.0 Å². The summed E-state index contributed by atoms with van der Waals surface area (Å²) < 4.78 is 30.8. The monoisotopic (exact) mass is 500 g/mol. The minimum absolute atomic E-state index is 0.0382. The largest absolute Gasteiger partial charge is 0.481 e. The van der Waals surface area contributed by atoms with Crippen molar-refractivity contribution in [3.63, 3.8) is 0 Å². The van der Waals surface area contributed by atoms with Gasteiger partial charge in [-0.25, -0.2) is 9.37 Å². The highest BCUT2D eigenvalue weighted by atomic mass is 19.1. The van der Waals surface area contributed by atoms with E-state index in [9.17, 15) is 14.0 Å². The molecule has 1 saturated heterocycles. The van der Waals surface area contributed by atoms with Gasteiger partial charge in [0.25, 0.3) is 5.91 Å². The number of aryl methyl sites for hydroxylation is 1. The smallest absolute Gasteiger partial charge is 0.402 e. The van der Waals surface area contributed by atoms with Crippen LogP contribution in [0, 0.1) is 5.82 Å². The van der Waals surface area contributed by atoms with Crippen molar-refractivity contribution < 1.29 is 28.0 Å². The Bertz CT molecular complexity index is 1010. The predicted molar refractivity (Wildman–Crippen MR) is 133 cm³/mol. The number of rotatable bonds is 11. The van der Waals surface area contributed by atoms with Crippen LogP contribution in [0.2, 0.25) is 0 Å². The van der Waals surface area contributed by atoms with E-state index in [2.05, 4.69) is 20.6 Å². The van der Waals surface area contributed by atoms with Crippen LogP contribution in [0.1, 0.15) is 56.6 Å². The lowest BCUT2D eigenvalue weighted by Gasteiger charge is -2.32. The van der Waals surface area contributed by atoms with Crippen LogP contribution in [0.15, 0.2) is 42.9 Å². The van der Waals surface area contributed by atoms with Gasteiger partial charge in [0.2, 0.25) is 5.91 Å². The predicted octanol–water partition coefficient (Wildman–Crippen LogP) is 2.50. The number of hydrogen-bond acceptors (Lipinski definition) is 7. The second kappa shape index (κ2) is 11.9.